The molecule has 0 aromatic heterocycles. The summed E-state index contributed by atoms with van der Waals surface area (Å²) in [6, 6.07) is 8.32. The van der Waals surface area contributed by atoms with Gasteiger partial charge in [-0.25, -0.2) is 0 Å². The number of fused-ring (bicyclic) bond motifs is 1. The summed E-state index contributed by atoms with van der Waals surface area (Å²) in [5.74, 6) is 0.621. The third-order valence-electron chi connectivity index (χ3n) is 4.08. The largest absolute Gasteiger partial charge is 0.495 e. The Labute approximate surface area is 131 Å². The molecule has 6 heteroatoms. The lowest BCUT2D eigenvalue weighted by Gasteiger charge is -2.42. The smallest absolute Gasteiger partial charge is 0.136 e. The van der Waals surface area contributed by atoms with Gasteiger partial charge in [-0.3, -0.25) is 4.90 Å². The van der Waals surface area contributed by atoms with Gasteiger partial charge in [-0.1, -0.05) is 6.07 Å². The average molecular weight is 310 g/mol. The molecule has 114 valence electrons. The van der Waals surface area contributed by atoms with Gasteiger partial charge in [0.05, 0.1) is 25.4 Å². The summed E-state index contributed by atoms with van der Waals surface area (Å²) < 4.78 is 11.3. The molecule has 21 heavy (non-hydrogen) atoms. The molecule has 2 saturated heterocycles. The van der Waals surface area contributed by atoms with E-state index in [-0.39, 0.29) is 18.5 Å². The third-order valence-corrected chi connectivity index (χ3v) is 4.08. The van der Waals surface area contributed by atoms with E-state index in [9.17, 15) is 0 Å². The Bertz CT molecular complexity index is 532. The minimum Gasteiger partial charge on any atom is -0.495 e. The molecule has 2 atom stereocenters. The maximum Gasteiger partial charge on any atom is 0.136 e. The normalized spacial score (nSPS) is 25.3. The van der Waals surface area contributed by atoms with E-state index in [1.165, 1.54) is 0 Å². The number of methoxy groups -OCH3 is 1. The van der Waals surface area contributed by atoms with Crippen molar-refractivity contribution < 1.29 is 9.47 Å². The minimum atomic E-state index is 0. The molecule has 5 nitrogen and oxygen atoms in total. The van der Waals surface area contributed by atoms with Crippen LogP contribution in [0.1, 0.15) is 17.2 Å². The minimum absolute atomic E-state index is 0. The predicted molar refractivity (Wildman–Crippen MR) is 81.9 cm³/mol. The molecule has 0 unspecified atom stereocenters. The molecule has 2 heterocycles. The number of hydrogen-bond donors (Lipinski definition) is 1. The number of halogens is 1. The van der Waals surface area contributed by atoms with Crippen LogP contribution in [0.25, 0.3) is 0 Å². The second-order valence-corrected chi connectivity index (χ2v) is 5.25. The van der Waals surface area contributed by atoms with E-state index in [1.54, 1.807) is 13.2 Å². The number of benzene rings is 1. The summed E-state index contributed by atoms with van der Waals surface area (Å²) in [6.07, 6.45) is 0.0611. The molecule has 1 aromatic rings. The molecule has 0 aliphatic carbocycles. The van der Waals surface area contributed by atoms with Crippen molar-refractivity contribution in [1.82, 2.24) is 10.2 Å². The SMILES string of the molecule is COc1cc([C@@H]2CN3CCNC[C@@H]3CO2)ccc1C#N.Cl. The monoisotopic (exact) mass is 309 g/mol. The quantitative estimate of drug-likeness (QED) is 0.893. The number of piperazine rings is 1. The van der Waals surface area contributed by atoms with Gasteiger partial charge < -0.3 is 14.8 Å². The summed E-state index contributed by atoms with van der Waals surface area (Å²) in [4.78, 5) is 2.48. The Morgan fingerprint density at radius 1 is 1.48 bits per heavy atom. The van der Waals surface area contributed by atoms with E-state index >= 15 is 0 Å². The number of nitrogens with zero attached hydrogens (tertiary/aromatic N) is 2. The lowest BCUT2D eigenvalue weighted by atomic mass is 10.0. The van der Waals surface area contributed by atoms with Gasteiger partial charge in [0.1, 0.15) is 11.8 Å². The van der Waals surface area contributed by atoms with Crippen molar-refractivity contribution in [3.05, 3.63) is 29.3 Å². The standard InChI is InChI=1S/C15H19N3O2.ClH/c1-19-14-6-11(2-3-12(14)7-16)15-9-18-5-4-17-8-13(18)10-20-15;/h2-3,6,13,15,17H,4-5,8-10H2,1H3;1H/t13-,15+;/m1./s1. The van der Waals surface area contributed by atoms with Gasteiger partial charge >= 0.3 is 0 Å². The maximum atomic E-state index is 9.03. The van der Waals surface area contributed by atoms with Crippen LogP contribution < -0.4 is 10.1 Å². The highest BCUT2D eigenvalue weighted by molar-refractivity contribution is 5.85. The average Bonchev–Trinajstić information content (AvgIpc) is 2.53. The van der Waals surface area contributed by atoms with Crippen LogP contribution in [0.5, 0.6) is 5.75 Å². The van der Waals surface area contributed by atoms with Crippen molar-refractivity contribution in [2.45, 2.75) is 12.1 Å². The van der Waals surface area contributed by atoms with Gasteiger partial charge in [0.15, 0.2) is 0 Å². The topological polar surface area (TPSA) is 57.5 Å². The Balaban J connectivity index is 0.00000161. The molecule has 0 saturated carbocycles. The van der Waals surface area contributed by atoms with Crippen molar-refractivity contribution in [3.8, 4) is 11.8 Å². The molecule has 0 radical (unpaired) electrons. The van der Waals surface area contributed by atoms with Crippen molar-refractivity contribution >= 4 is 12.4 Å². The summed E-state index contributed by atoms with van der Waals surface area (Å²) in [6.45, 7) is 4.77. The summed E-state index contributed by atoms with van der Waals surface area (Å²) in [7, 11) is 1.59. The van der Waals surface area contributed by atoms with Crippen LogP contribution in [0.2, 0.25) is 0 Å². The highest BCUT2D eigenvalue weighted by Gasteiger charge is 2.31. The second kappa shape index (κ2) is 7.10. The van der Waals surface area contributed by atoms with E-state index in [4.69, 9.17) is 14.7 Å². The van der Waals surface area contributed by atoms with Gasteiger partial charge in [0, 0.05) is 32.2 Å². The fourth-order valence-corrected chi connectivity index (χ4v) is 2.90. The first-order valence-electron chi connectivity index (χ1n) is 6.96. The van der Waals surface area contributed by atoms with Crippen LogP contribution in [0.15, 0.2) is 18.2 Å². The Kier molecular flexibility index (Phi) is 5.43. The van der Waals surface area contributed by atoms with Crippen LogP contribution in [0.3, 0.4) is 0 Å². The highest BCUT2D eigenvalue weighted by atomic mass is 35.5. The second-order valence-electron chi connectivity index (χ2n) is 5.25. The summed E-state index contributed by atoms with van der Waals surface area (Å²) >= 11 is 0. The van der Waals surface area contributed by atoms with Crippen LogP contribution in [-0.4, -0.2) is 50.8 Å². The molecule has 1 aromatic carbocycles. The zero-order valence-electron chi connectivity index (χ0n) is 12.0. The van der Waals surface area contributed by atoms with Crippen molar-refractivity contribution in [3.63, 3.8) is 0 Å². The van der Waals surface area contributed by atoms with Crippen LogP contribution in [-0.2, 0) is 4.74 Å². The van der Waals surface area contributed by atoms with E-state index in [2.05, 4.69) is 16.3 Å². The molecule has 0 amide bonds. The molecule has 0 bridgehead atoms. The van der Waals surface area contributed by atoms with Crippen LogP contribution >= 0.6 is 12.4 Å². The third kappa shape index (κ3) is 3.30. The van der Waals surface area contributed by atoms with Crippen LogP contribution in [0.4, 0.5) is 0 Å². The molecule has 2 aliphatic rings. The van der Waals surface area contributed by atoms with Gasteiger partial charge in [-0.15, -0.1) is 12.4 Å². The van der Waals surface area contributed by atoms with E-state index < -0.39 is 0 Å². The number of nitriles is 1. The van der Waals surface area contributed by atoms with E-state index in [1.807, 2.05) is 12.1 Å². The fraction of sp³-hybridized carbons (Fsp3) is 0.533. The van der Waals surface area contributed by atoms with Gasteiger partial charge in [-0.05, 0) is 17.7 Å². The molecular formula is C15H20ClN3O2. The van der Waals surface area contributed by atoms with Crippen molar-refractivity contribution in [2.75, 3.05) is 39.9 Å². The number of hydrogen-bond acceptors (Lipinski definition) is 5. The van der Waals surface area contributed by atoms with Crippen LogP contribution in [0, 0.1) is 11.3 Å². The van der Waals surface area contributed by atoms with E-state index in [0.29, 0.717) is 17.4 Å². The number of ether oxygens (including phenoxy) is 2. The van der Waals surface area contributed by atoms with Gasteiger partial charge in [-0.2, -0.15) is 5.26 Å². The van der Waals surface area contributed by atoms with Crippen molar-refractivity contribution in [1.29, 1.82) is 5.26 Å². The molecule has 3 rings (SSSR count). The predicted octanol–water partition coefficient (Wildman–Crippen LogP) is 1.33. The fourth-order valence-electron chi connectivity index (χ4n) is 2.90. The number of rotatable bonds is 2. The summed E-state index contributed by atoms with van der Waals surface area (Å²) in [5, 5.41) is 12.4. The van der Waals surface area contributed by atoms with Gasteiger partial charge in [0.2, 0.25) is 0 Å². The Hall–Kier alpha value is -1.32. The first-order chi connectivity index (χ1) is 9.81. The number of nitrogens with one attached hydrogen (secondary N) is 1. The van der Waals surface area contributed by atoms with Crippen molar-refractivity contribution in [2.24, 2.45) is 0 Å². The zero-order chi connectivity index (χ0) is 13.9. The number of morpholine rings is 1. The highest BCUT2D eigenvalue weighted by Crippen LogP contribution is 2.29. The van der Waals surface area contributed by atoms with E-state index in [0.717, 1.165) is 38.3 Å². The molecule has 1 N–H and O–H groups in total. The maximum absolute atomic E-state index is 9.03. The Morgan fingerprint density at radius 3 is 3.10 bits per heavy atom. The van der Waals surface area contributed by atoms with Gasteiger partial charge in [0.25, 0.3) is 0 Å². The first-order valence-corrected chi connectivity index (χ1v) is 6.96. The molecule has 2 fully saturated rings. The molecule has 0 spiro atoms. The zero-order valence-corrected chi connectivity index (χ0v) is 12.9. The Morgan fingerprint density at radius 2 is 2.33 bits per heavy atom. The first kappa shape index (κ1) is 16.1. The summed E-state index contributed by atoms with van der Waals surface area (Å²) in [5.41, 5.74) is 1.64. The molecular weight excluding hydrogens is 290 g/mol. The lowest BCUT2D eigenvalue weighted by Crippen LogP contribution is -2.57. The molecule has 2 aliphatic heterocycles. The lowest BCUT2D eigenvalue weighted by molar-refractivity contribution is -0.0718.